The van der Waals surface area contributed by atoms with Crippen LogP contribution in [-0.2, 0) is 20.7 Å². The first kappa shape index (κ1) is 18.0. The lowest BCUT2D eigenvalue weighted by molar-refractivity contribution is -0.154. The molecule has 5 nitrogen and oxygen atoms in total. The Morgan fingerprint density at radius 1 is 1.15 bits per heavy atom. The molecule has 1 atom stereocenters. The summed E-state index contributed by atoms with van der Waals surface area (Å²) in [6.07, 6.45) is 1.09. The van der Waals surface area contributed by atoms with Gasteiger partial charge in [-0.15, -0.1) is 0 Å². The molecule has 0 saturated heterocycles. The van der Waals surface area contributed by atoms with Crippen LogP contribution >= 0.6 is 0 Å². The topological polar surface area (TPSA) is 55.8 Å². The number of benzene rings is 2. The van der Waals surface area contributed by atoms with Crippen molar-refractivity contribution in [1.82, 2.24) is 0 Å². The summed E-state index contributed by atoms with van der Waals surface area (Å²) in [4.78, 5) is 26.3. The molecule has 0 unspecified atom stereocenters. The van der Waals surface area contributed by atoms with E-state index in [1.165, 1.54) is 0 Å². The van der Waals surface area contributed by atoms with Gasteiger partial charge in [-0.25, -0.2) is 4.79 Å². The van der Waals surface area contributed by atoms with Crippen LogP contribution < -0.4 is 9.64 Å². The molecule has 0 bridgehead atoms. The van der Waals surface area contributed by atoms with Crippen LogP contribution in [0.25, 0.3) is 0 Å². The second-order valence-electron chi connectivity index (χ2n) is 6.46. The average molecular weight is 353 g/mol. The van der Waals surface area contributed by atoms with E-state index in [-0.39, 0.29) is 12.5 Å². The first-order valence-electron chi connectivity index (χ1n) is 8.83. The molecule has 1 aliphatic heterocycles. The Morgan fingerprint density at radius 3 is 2.77 bits per heavy atom. The molecular weight excluding hydrogens is 330 g/mol. The summed E-state index contributed by atoms with van der Waals surface area (Å²) >= 11 is 0. The Bertz CT molecular complexity index is 802. The molecule has 0 saturated carbocycles. The van der Waals surface area contributed by atoms with Crippen molar-refractivity contribution < 1.29 is 19.1 Å². The van der Waals surface area contributed by atoms with Crippen molar-refractivity contribution in [3.63, 3.8) is 0 Å². The van der Waals surface area contributed by atoms with Gasteiger partial charge in [0.2, 0.25) is 0 Å². The number of carbonyl (C=O) groups excluding carboxylic acids is 2. The first-order chi connectivity index (χ1) is 12.5. The minimum Gasteiger partial charge on any atom is -0.479 e. The van der Waals surface area contributed by atoms with Gasteiger partial charge in [0.25, 0.3) is 5.91 Å². The fourth-order valence-electron chi connectivity index (χ4n) is 3.06. The minimum atomic E-state index is -0.779. The summed E-state index contributed by atoms with van der Waals surface area (Å²) in [5.41, 5.74) is 3.10. The van der Waals surface area contributed by atoms with Crippen LogP contribution in [0, 0.1) is 6.92 Å². The Hall–Kier alpha value is -2.82. The summed E-state index contributed by atoms with van der Waals surface area (Å²) in [7, 11) is 0. The van der Waals surface area contributed by atoms with Gasteiger partial charge in [-0.2, -0.15) is 0 Å². The fraction of sp³-hybridized carbons (Fsp3) is 0.333. The van der Waals surface area contributed by atoms with E-state index in [1.807, 2.05) is 49.4 Å². The van der Waals surface area contributed by atoms with Gasteiger partial charge in [-0.05, 0) is 56.0 Å². The monoisotopic (exact) mass is 353 g/mol. The highest BCUT2D eigenvalue weighted by molar-refractivity contribution is 5.96. The van der Waals surface area contributed by atoms with Crippen LogP contribution in [-0.4, -0.2) is 31.1 Å². The number of hydrogen-bond acceptors (Lipinski definition) is 4. The van der Waals surface area contributed by atoms with Crippen molar-refractivity contribution in [3.05, 3.63) is 59.7 Å². The molecule has 26 heavy (non-hydrogen) atoms. The van der Waals surface area contributed by atoms with Crippen molar-refractivity contribution in [2.45, 2.75) is 32.8 Å². The molecule has 136 valence electrons. The molecule has 0 N–H and O–H groups in total. The second kappa shape index (κ2) is 8.04. The lowest BCUT2D eigenvalue weighted by Crippen LogP contribution is -2.39. The number of rotatable bonds is 5. The summed E-state index contributed by atoms with van der Waals surface area (Å²) in [6, 6.07) is 15.3. The molecule has 1 aliphatic rings. The summed E-state index contributed by atoms with van der Waals surface area (Å²) in [5, 5.41) is 0. The van der Waals surface area contributed by atoms with Gasteiger partial charge in [-0.1, -0.05) is 30.3 Å². The van der Waals surface area contributed by atoms with Crippen molar-refractivity contribution >= 4 is 17.6 Å². The maximum Gasteiger partial charge on any atom is 0.347 e. The Labute approximate surface area is 153 Å². The molecule has 0 aromatic heterocycles. The Kier molecular flexibility index (Phi) is 5.56. The number of carbonyl (C=O) groups is 2. The van der Waals surface area contributed by atoms with Crippen LogP contribution in [0.1, 0.15) is 24.5 Å². The molecule has 5 heteroatoms. The number of hydrogen-bond donors (Lipinski definition) is 0. The highest BCUT2D eigenvalue weighted by Crippen LogP contribution is 2.26. The highest BCUT2D eigenvalue weighted by atomic mass is 16.6. The number of ether oxygens (including phenoxy) is 2. The SMILES string of the molecule is Cc1cccc(O[C@@H](C)C(=O)OCC(=O)N2CCCc3ccccc32)c1. The van der Waals surface area contributed by atoms with Gasteiger partial charge >= 0.3 is 5.97 Å². The average Bonchev–Trinajstić information content (AvgIpc) is 2.65. The number of amides is 1. The summed E-state index contributed by atoms with van der Waals surface area (Å²) in [6.45, 7) is 3.92. The maximum atomic E-state index is 12.5. The maximum absolute atomic E-state index is 12.5. The van der Waals surface area contributed by atoms with Crippen LogP contribution in [0.2, 0.25) is 0 Å². The third kappa shape index (κ3) is 4.23. The number of para-hydroxylation sites is 1. The van der Waals surface area contributed by atoms with Gasteiger partial charge in [-0.3, -0.25) is 4.79 Å². The number of nitrogens with zero attached hydrogens (tertiary/aromatic N) is 1. The van der Waals surface area contributed by atoms with E-state index in [0.717, 1.165) is 29.7 Å². The molecule has 0 fully saturated rings. The summed E-state index contributed by atoms with van der Waals surface area (Å²) in [5.74, 6) is -0.163. The third-order valence-corrected chi connectivity index (χ3v) is 4.38. The van der Waals surface area contributed by atoms with Crippen molar-refractivity contribution in [1.29, 1.82) is 0 Å². The van der Waals surface area contributed by atoms with Crippen LogP contribution in [0.3, 0.4) is 0 Å². The Balaban J connectivity index is 1.55. The van der Waals surface area contributed by atoms with Gasteiger partial charge in [0, 0.05) is 12.2 Å². The molecular formula is C21H23NO4. The van der Waals surface area contributed by atoms with Crippen molar-refractivity contribution in [3.8, 4) is 5.75 Å². The number of aryl methyl sites for hydroxylation is 2. The largest absolute Gasteiger partial charge is 0.479 e. The van der Waals surface area contributed by atoms with E-state index in [0.29, 0.717) is 12.3 Å². The lowest BCUT2D eigenvalue weighted by Gasteiger charge is -2.29. The molecule has 2 aromatic rings. The van der Waals surface area contributed by atoms with Gasteiger partial charge in [0.05, 0.1) is 0 Å². The quantitative estimate of drug-likeness (QED) is 0.774. The molecule has 3 rings (SSSR count). The molecule has 1 heterocycles. The smallest absolute Gasteiger partial charge is 0.347 e. The van der Waals surface area contributed by atoms with Gasteiger partial charge in [0.1, 0.15) is 5.75 Å². The zero-order chi connectivity index (χ0) is 18.5. The van der Waals surface area contributed by atoms with Crippen LogP contribution in [0.15, 0.2) is 48.5 Å². The van der Waals surface area contributed by atoms with Crippen molar-refractivity contribution in [2.75, 3.05) is 18.1 Å². The molecule has 1 amide bonds. The minimum absolute atomic E-state index is 0.215. The molecule has 0 radical (unpaired) electrons. The predicted octanol–water partition coefficient (Wildman–Crippen LogP) is 3.28. The molecule has 0 aliphatic carbocycles. The van der Waals surface area contributed by atoms with Gasteiger partial charge in [0.15, 0.2) is 12.7 Å². The van der Waals surface area contributed by atoms with E-state index in [9.17, 15) is 9.59 Å². The number of fused-ring (bicyclic) bond motifs is 1. The molecule has 0 spiro atoms. The van der Waals surface area contributed by atoms with Gasteiger partial charge < -0.3 is 14.4 Å². The van der Waals surface area contributed by atoms with Crippen LogP contribution in [0.4, 0.5) is 5.69 Å². The van der Waals surface area contributed by atoms with E-state index in [4.69, 9.17) is 9.47 Å². The van der Waals surface area contributed by atoms with E-state index >= 15 is 0 Å². The lowest BCUT2D eigenvalue weighted by atomic mass is 10.0. The van der Waals surface area contributed by atoms with E-state index in [2.05, 4.69) is 0 Å². The van der Waals surface area contributed by atoms with Crippen molar-refractivity contribution in [2.24, 2.45) is 0 Å². The first-order valence-corrected chi connectivity index (χ1v) is 8.83. The normalized spacial score (nSPS) is 14.3. The Morgan fingerprint density at radius 2 is 1.96 bits per heavy atom. The van der Waals surface area contributed by atoms with E-state index in [1.54, 1.807) is 17.9 Å². The second-order valence-corrected chi connectivity index (χ2v) is 6.46. The third-order valence-electron chi connectivity index (χ3n) is 4.38. The van der Waals surface area contributed by atoms with E-state index < -0.39 is 12.1 Å². The highest BCUT2D eigenvalue weighted by Gasteiger charge is 2.24. The predicted molar refractivity (Wildman–Crippen MR) is 99.3 cm³/mol. The fourth-order valence-corrected chi connectivity index (χ4v) is 3.06. The number of anilines is 1. The molecule has 2 aromatic carbocycles. The summed E-state index contributed by atoms with van der Waals surface area (Å²) < 4.78 is 10.8. The van der Waals surface area contributed by atoms with Crippen LogP contribution in [0.5, 0.6) is 5.75 Å². The standard InChI is InChI=1S/C21H23NO4/c1-15-7-5-10-18(13-15)26-16(2)21(24)25-14-20(23)22-12-6-9-17-8-3-4-11-19(17)22/h3-5,7-8,10-11,13,16H,6,9,12,14H2,1-2H3/t16-/m0/s1. The number of esters is 1. The zero-order valence-corrected chi connectivity index (χ0v) is 15.1. The zero-order valence-electron chi connectivity index (χ0n) is 15.1.